The Morgan fingerprint density at radius 1 is 1.45 bits per heavy atom. The second-order valence-electron chi connectivity index (χ2n) is 5.66. The highest BCUT2D eigenvalue weighted by atomic mass is 32.1. The predicted octanol–water partition coefficient (Wildman–Crippen LogP) is 4.22. The number of fused-ring (bicyclic) bond motifs is 1. The number of hydrogen-bond acceptors (Lipinski definition) is 2. The summed E-state index contributed by atoms with van der Waals surface area (Å²) in [5.41, 5.74) is 0.767. The van der Waals surface area contributed by atoms with Gasteiger partial charge in [0, 0.05) is 23.2 Å². The van der Waals surface area contributed by atoms with Gasteiger partial charge in [-0.1, -0.05) is 6.07 Å². The van der Waals surface area contributed by atoms with Gasteiger partial charge >= 0.3 is 0 Å². The molecule has 0 saturated heterocycles. The van der Waals surface area contributed by atoms with E-state index < -0.39 is 0 Å². The molecule has 1 amide bonds. The van der Waals surface area contributed by atoms with Crippen LogP contribution in [0.2, 0.25) is 0 Å². The fourth-order valence-electron chi connectivity index (χ4n) is 2.70. The lowest BCUT2D eigenvalue weighted by Gasteiger charge is -2.24. The molecular weight excluding hydrogens is 273 g/mol. The fourth-order valence-corrected chi connectivity index (χ4v) is 3.90. The van der Waals surface area contributed by atoms with E-state index in [9.17, 15) is 9.18 Å². The van der Waals surface area contributed by atoms with E-state index >= 15 is 0 Å². The molecule has 1 atom stereocenters. The number of thiophene rings is 1. The number of rotatable bonds is 3. The quantitative estimate of drug-likeness (QED) is 0.829. The molecule has 1 heterocycles. The van der Waals surface area contributed by atoms with Crippen LogP contribution in [0.15, 0.2) is 18.2 Å². The molecule has 20 heavy (non-hydrogen) atoms. The molecule has 1 fully saturated rings. The number of halogens is 1. The van der Waals surface area contributed by atoms with Crippen LogP contribution in [-0.2, 0) is 0 Å². The van der Waals surface area contributed by atoms with Crippen LogP contribution >= 0.6 is 11.3 Å². The van der Waals surface area contributed by atoms with Gasteiger partial charge < -0.3 is 4.90 Å². The Kier molecular flexibility index (Phi) is 3.28. The van der Waals surface area contributed by atoms with Gasteiger partial charge in [0.15, 0.2) is 0 Å². The molecule has 1 unspecified atom stereocenters. The van der Waals surface area contributed by atoms with Gasteiger partial charge in [-0.15, -0.1) is 11.3 Å². The van der Waals surface area contributed by atoms with Gasteiger partial charge in [-0.05, 0) is 50.3 Å². The summed E-state index contributed by atoms with van der Waals surface area (Å²) in [6.07, 6.45) is 2.41. The van der Waals surface area contributed by atoms with E-state index in [0.717, 1.165) is 10.3 Å². The molecule has 0 bridgehead atoms. The van der Waals surface area contributed by atoms with Crippen molar-refractivity contribution in [2.45, 2.75) is 32.7 Å². The molecule has 0 spiro atoms. The van der Waals surface area contributed by atoms with Crippen LogP contribution in [0.1, 0.15) is 35.0 Å². The number of carbonyl (C=O) groups is 1. The number of benzene rings is 1. The van der Waals surface area contributed by atoms with Crippen LogP contribution < -0.4 is 0 Å². The van der Waals surface area contributed by atoms with Crippen molar-refractivity contribution in [3.8, 4) is 0 Å². The van der Waals surface area contributed by atoms with Crippen LogP contribution in [-0.4, -0.2) is 23.9 Å². The summed E-state index contributed by atoms with van der Waals surface area (Å²) in [5, 5.41) is 0.591. The number of carbonyl (C=O) groups excluding carboxylic acids is 1. The summed E-state index contributed by atoms with van der Waals surface area (Å²) >= 11 is 1.39. The smallest absolute Gasteiger partial charge is 0.264 e. The first-order chi connectivity index (χ1) is 9.50. The first-order valence-electron chi connectivity index (χ1n) is 6.95. The average molecular weight is 291 g/mol. The molecule has 1 aliphatic carbocycles. The molecule has 3 rings (SSSR count). The third kappa shape index (κ3) is 2.12. The van der Waals surface area contributed by atoms with Crippen molar-refractivity contribution < 1.29 is 9.18 Å². The molecule has 4 heteroatoms. The first kappa shape index (κ1) is 13.6. The molecule has 0 N–H and O–H groups in total. The largest absolute Gasteiger partial charge is 0.338 e. The Morgan fingerprint density at radius 3 is 2.75 bits per heavy atom. The van der Waals surface area contributed by atoms with Crippen LogP contribution in [0.3, 0.4) is 0 Å². The van der Waals surface area contributed by atoms with Gasteiger partial charge in [0.05, 0.1) is 4.88 Å². The van der Waals surface area contributed by atoms with Gasteiger partial charge in [-0.25, -0.2) is 4.39 Å². The maximum Gasteiger partial charge on any atom is 0.264 e. The van der Waals surface area contributed by atoms with Crippen molar-refractivity contribution in [1.29, 1.82) is 0 Å². The zero-order chi connectivity index (χ0) is 14.4. The molecule has 0 aliphatic heterocycles. The van der Waals surface area contributed by atoms with E-state index in [0.29, 0.717) is 16.2 Å². The molecule has 1 aromatic carbocycles. The van der Waals surface area contributed by atoms with E-state index in [1.165, 1.54) is 30.2 Å². The fraction of sp³-hybridized carbons (Fsp3) is 0.438. The van der Waals surface area contributed by atoms with Crippen LogP contribution in [0.5, 0.6) is 0 Å². The lowest BCUT2D eigenvalue weighted by Crippen LogP contribution is -2.36. The summed E-state index contributed by atoms with van der Waals surface area (Å²) in [5.74, 6) is 0.408. The minimum Gasteiger partial charge on any atom is -0.338 e. The minimum absolute atomic E-state index is 0.0162. The molecule has 2 nitrogen and oxygen atoms in total. The van der Waals surface area contributed by atoms with Gasteiger partial charge in [0.1, 0.15) is 5.82 Å². The molecule has 0 radical (unpaired) electrons. The van der Waals surface area contributed by atoms with Crippen molar-refractivity contribution in [1.82, 2.24) is 4.90 Å². The normalized spacial score (nSPS) is 16.4. The monoisotopic (exact) mass is 291 g/mol. The lowest BCUT2D eigenvalue weighted by atomic mass is 10.1. The zero-order valence-electron chi connectivity index (χ0n) is 11.9. The molecule has 2 aromatic rings. The number of nitrogens with zero attached hydrogens (tertiary/aromatic N) is 1. The first-order valence-corrected chi connectivity index (χ1v) is 7.77. The highest BCUT2D eigenvalue weighted by Crippen LogP contribution is 2.37. The van der Waals surface area contributed by atoms with Crippen molar-refractivity contribution in [2.24, 2.45) is 5.92 Å². The molecular formula is C16H18FNOS. The standard InChI is InChI=1S/C16H18FNOS/c1-9-14-12(17)5-4-6-13(14)20-15(9)16(19)18(3)10(2)11-7-8-11/h4-6,10-11H,7-8H2,1-3H3. The SMILES string of the molecule is Cc1c(C(=O)N(C)C(C)C2CC2)sc2cccc(F)c12. The minimum atomic E-state index is -0.242. The Hall–Kier alpha value is -1.42. The third-order valence-electron chi connectivity index (χ3n) is 4.33. The third-order valence-corrected chi connectivity index (χ3v) is 5.58. The summed E-state index contributed by atoms with van der Waals surface area (Å²) < 4.78 is 14.7. The van der Waals surface area contributed by atoms with E-state index in [-0.39, 0.29) is 17.8 Å². The van der Waals surface area contributed by atoms with E-state index in [1.54, 1.807) is 6.07 Å². The topological polar surface area (TPSA) is 20.3 Å². The summed E-state index contributed by atoms with van der Waals surface area (Å²) in [6, 6.07) is 5.28. The number of amides is 1. The lowest BCUT2D eigenvalue weighted by molar-refractivity contribution is 0.0731. The molecule has 1 aliphatic rings. The molecule has 106 valence electrons. The van der Waals surface area contributed by atoms with Crippen LogP contribution in [0.25, 0.3) is 10.1 Å². The van der Waals surface area contributed by atoms with E-state index in [1.807, 2.05) is 24.9 Å². The van der Waals surface area contributed by atoms with Gasteiger partial charge in [0.2, 0.25) is 0 Å². The van der Waals surface area contributed by atoms with E-state index in [4.69, 9.17) is 0 Å². The number of aryl methyl sites for hydroxylation is 1. The number of hydrogen-bond donors (Lipinski definition) is 0. The van der Waals surface area contributed by atoms with Crippen molar-refractivity contribution in [3.63, 3.8) is 0 Å². The Balaban J connectivity index is 1.99. The Bertz CT molecular complexity index is 674. The zero-order valence-corrected chi connectivity index (χ0v) is 12.8. The second-order valence-corrected chi connectivity index (χ2v) is 6.72. The summed E-state index contributed by atoms with van der Waals surface area (Å²) in [7, 11) is 1.85. The highest BCUT2D eigenvalue weighted by Gasteiger charge is 2.33. The van der Waals surface area contributed by atoms with Crippen molar-refractivity contribution >= 4 is 27.3 Å². The Morgan fingerprint density at radius 2 is 2.15 bits per heavy atom. The molecule has 1 aromatic heterocycles. The summed E-state index contributed by atoms with van der Waals surface area (Å²) in [6.45, 7) is 3.93. The van der Waals surface area contributed by atoms with Crippen molar-refractivity contribution in [2.75, 3.05) is 7.05 Å². The van der Waals surface area contributed by atoms with Gasteiger partial charge in [0.25, 0.3) is 5.91 Å². The van der Waals surface area contributed by atoms with Gasteiger partial charge in [-0.3, -0.25) is 4.79 Å². The average Bonchev–Trinajstić information content (AvgIpc) is 3.21. The second kappa shape index (κ2) is 4.85. The van der Waals surface area contributed by atoms with E-state index in [2.05, 4.69) is 6.92 Å². The maximum absolute atomic E-state index is 13.9. The van der Waals surface area contributed by atoms with Crippen LogP contribution in [0, 0.1) is 18.7 Å². The highest BCUT2D eigenvalue weighted by molar-refractivity contribution is 7.21. The van der Waals surface area contributed by atoms with Gasteiger partial charge in [-0.2, -0.15) is 0 Å². The van der Waals surface area contributed by atoms with Crippen LogP contribution in [0.4, 0.5) is 4.39 Å². The van der Waals surface area contributed by atoms with Crippen molar-refractivity contribution in [3.05, 3.63) is 34.5 Å². The predicted molar refractivity (Wildman–Crippen MR) is 80.8 cm³/mol. The maximum atomic E-state index is 13.9. The summed E-state index contributed by atoms with van der Waals surface area (Å²) in [4.78, 5) is 15.1. The Labute approximate surface area is 122 Å². The molecule has 1 saturated carbocycles.